The highest BCUT2D eigenvalue weighted by Gasteiger charge is 2.36. The van der Waals surface area contributed by atoms with Crippen LogP contribution in [0.2, 0.25) is 0 Å². The molecule has 0 N–H and O–H groups in total. The number of benzene rings is 2. The number of Topliss-reactive ketones (excluding diaryl/α,β-unsaturated/α-hetero) is 1. The van der Waals surface area contributed by atoms with Crippen LogP contribution in [0.1, 0.15) is 21.5 Å². The molecule has 26 heavy (non-hydrogen) atoms. The van der Waals surface area contributed by atoms with E-state index >= 15 is 0 Å². The highest BCUT2D eigenvalue weighted by Crippen LogP contribution is 2.28. The Balaban J connectivity index is 1.35. The quantitative estimate of drug-likeness (QED) is 0.795. The molecule has 2 aromatic rings. The van der Waals surface area contributed by atoms with E-state index in [9.17, 15) is 9.59 Å². The smallest absolute Gasteiger partial charge is 0.297 e. The van der Waals surface area contributed by atoms with E-state index < -0.39 is 11.7 Å². The van der Waals surface area contributed by atoms with Crippen molar-refractivity contribution in [2.24, 2.45) is 0 Å². The lowest BCUT2D eigenvalue weighted by Gasteiger charge is -2.36. The van der Waals surface area contributed by atoms with E-state index in [1.54, 1.807) is 17.0 Å². The first-order valence-corrected chi connectivity index (χ1v) is 9.07. The Morgan fingerprint density at radius 2 is 1.50 bits per heavy atom. The average Bonchev–Trinajstić information content (AvgIpc) is 2.90. The predicted molar refractivity (Wildman–Crippen MR) is 101 cm³/mol. The van der Waals surface area contributed by atoms with Crippen molar-refractivity contribution in [1.82, 2.24) is 9.80 Å². The standard InChI is InChI=1S/C21H23N3O2/c1-16-6-8-17(9-7-16)14-22-10-12-23(13-11-22)15-24-19-5-3-2-4-18(19)20(25)21(24)26/h2-9H,10-15H2,1H3. The van der Waals surface area contributed by atoms with Crippen molar-refractivity contribution < 1.29 is 9.59 Å². The molecule has 2 heterocycles. The molecule has 1 saturated heterocycles. The van der Waals surface area contributed by atoms with E-state index in [0.717, 1.165) is 38.4 Å². The number of piperazine rings is 1. The number of fused-ring (bicyclic) bond motifs is 1. The largest absolute Gasteiger partial charge is 0.300 e. The van der Waals surface area contributed by atoms with Crippen molar-refractivity contribution in [1.29, 1.82) is 0 Å². The molecule has 2 aliphatic heterocycles. The summed E-state index contributed by atoms with van der Waals surface area (Å²) < 4.78 is 0. The number of carbonyl (C=O) groups is 2. The first-order chi connectivity index (χ1) is 12.6. The Morgan fingerprint density at radius 1 is 0.846 bits per heavy atom. The van der Waals surface area contributed by atoms with Crippen LogP contribution in [0.15, 0.2) is 48.5 Å². The molecule has 2 aromatic carbocycles. The lowest BCUT2D eigenvalue weighted by Crippen LogP contribution is -2.50. The third kappa shape index (κ3) is 3.28. The van der Waals surface area contributed by atoms with E-state index in [1.165, 1.54) is 11.1 Å². The number of ketones is 1. The fourth-order valence-corrected chi connectivity index (χ4v) is 3.63. The van der Waals surface area contributed by atoms with Crippen molar-refractivity contribution in [3.63, 3.8) is 0 Å². The highest BCUT2D eigenvalue weighted by molar-refractivity contribution is 6.52. The number of carbonyl (C=O) groups excluding carboxylic acids is 2. The van der Waals surface area contributed by atoms with Gasteiger partial charge in [-0.2, -0.15) is 0 Å². The molecule has 0 atom stereocenters. The molecular weight excluding hydrogens is 326 g/mol. The van der Waals surface area contributed by atoms with Gasteiger partial charge in [0, 0.05) is 32.7 Å². The van der Waals surface area contributed by atoms with Gasteiger partial charge in [-0.25, -0.2) is 0 Å². The van der Waals surface area contributed by atoms with Crippen LogP contribution >= 0.6 is 0 Å². The van der Waals surface area contributed by atoms with Crippen LogP contribution in [0.3, 0.4) is 0 Å². The summed E-state index contributed by atoms with van der Waals surface area (Å²) >= 11 is 0. The first kappa shape index (κ1) is 16.9. The van der Waals surface area contributed by atoms with Crippen LogP contribution in [0.5, 0.6) is 0 Å². The van der Waals surface area contributed by atoms with Crippen LogP contribution in [0.4, 0.5) is 5.69 Å². The third-order valence-corrected chi connectivity index (χ3v) is 5.21. The minimum Gasteiger partial charge on any atom is -0.297 e. The summed E-state index contributed by atoms with van der Waals surface area (Å²) in [5, 5.41) is 0. The second kappa shape index (κ2) is 7.02. The summed E-state index contributed by atoms with van der Waals surface area (Å²) in [6, 6.07) is 15.9. The number of anilines is 1. The van der Waals surface area contributed by atoms with Gasteiger partial charge in [0.1, 0.15) is 0 Å². The maximum absolute atomic E-state index is 12.3. The zero-order valence-corrected chi connectivity index (χ0v) is 15.0. The Hall–Kier alpha value is -2.50. The van der Waals surface area contributed by atoms with Crippen molar-refractivity contribution in [2.45, 2.75) is 13.5 Å². The Bertz CT molecular complexity index is 823. The van der Waals surface area contributed by atoms with Crippen LogP contribution in [-0.4, -0.2) is 54.3 Å². The summed E-state index contributed by atoms with van der Waals surface area (Å²) in [6.07, 6.45) is 0. The fraction of sp³-hybridized carbons (Fsp3) is 0.333. The Labute approximate surface area is 153 Å². The summed E-state index contributed by atoms with van der Waals surface area (Å²) in [6.45, 7) is 7.26. The zero-order chi connectivity index (χ0) is 18.1. The summed E-state index contributed by atoms with van der Waals surface area (Å²) in [7, 11) is 0. The molecule has 2 aliphatic rings. The number of rotatable bonds is 4. The molecule has 4 rings (SSSR count). The molecule has 0 bridgehead atoms. The molecule has 5 heteroatoms. The Kier molecular flexibility index (Phi) is 4.57. The number of amides is 1. The molecule has 0 saturated carbocycles. The molecular formula is C21H23N3O2. The van der Waals surface area contributed by atoms with Crippen LogP contribution < -0.4 is 4.90 Å². The molecule has 0 radical (unpaired) electrons. The number of aryl methyl sites for hydroxylation is 1. The summed E-state index contributed by atoms with van der Waals surface area (Å²) in [5.41, 5.74) is 3.88. The maximum Gasteiger partial charge on any atom is 0.300 e. The van der Waals surface area contributed by atoms with Crippen LogP contribution in [0, 0.1) is 6.92 Å². The number of nitrogens with zero attached hydrogens (tertiary/aromatic N) is 3. The normalized spacial score (nSPS) is 18.4. The SMILES string of the molecule is Cc1ccc(CN2CCN(CN3C(=O)C(=O)c4ccccc43)CC2)cc1. The van der Waals surface area contributed by atoms with E-state index in [-0.39, 0.29) is 0 Å². The van der Waals surface area contributed by atoms with E-state index in [2.05, 4.69) is 41.0 Å². The molecule has 134 valence electrons. The van der Waals surface area contributed by atoms with Gasteiger partial charge in [0.05, 0.1) is 17.9 Å². The number of hydrogen-bond donors (Lipinski definition) is 0. The van der Waals surface area contributed by atoms with Crippen molar-refractivity contribution in [2.75, 3.05) is 37.7 Å². The third-order valence-electron chi connectivity index (χ3n) is 5.21. The molecule has 0 aliphatic carbocycles. The van der Waals surface area contributed by atoms with Gasteiger partial charge < -0.3 is 0 Å². The molecule has 0 spiro atoms. The number of para-hydroxylation sites is 1. The van der Waals surface area contributed by atoms with Crippen molar-refractivity contribution >= 4 is 17.4 Å². The second-order valence-corrected chi connectivity index (χ2v) is 7.10. The van der Waals surface area contributed by atoms with E-state index in [1.807, 2.05) is 12.1 Å². The summed E-state index contributed by atoms with van der Waals surface area (Å²) in [5.74, 6) is -0.799. The first-order valence-electron chi connectivity index (χ1n) is 9.07. The fourth-order valence-electron chi connectivity index (χ4n) is 3.63. The molecule has 1 amide bonds. The van der Waals surface area contributed by atoms with Crippen LogP contribution in [-0.2, 0) is 11.3 Å². The van der Waals surface area contributed by atoms with Gasteiger partial charge in [0.2, 0.25) is 0 Å². The van der Waals surface area contributed by atoms with Gasteiger partial charge >= 0.3 is 5.91 Å². The van der Waals surface area contributed by atoms with Gasteiger partial charge in [0.25, 0.3) is 5.78 Å². The summed E-state index contributed by atoms with van der Waals surface area (Å²) in [4.78, 5) is 30.7. The van der Waals surface area contributed by atoms with E-state index in [0.29, 0.717) is 12.2 Å². The minimum atomic E-state index is -0.409. The highest BCUT2D eigenvalue weighted by atomic mass is 16.2. The number of hydrogen-bond acceptors (Lipinski definition) is 4. The lowest BCUT2D eigenvalue weighted by molar-refractivity contribution is -0.114. The zero-order valence-electron chi connectivity index (χ0n) is 15.0. The van der Waals surface area contributed by atoms with Crippen molar-refractivity contribution in [3.05, 3.63) is 65.2 Å². The van der Waals surface area contributed by atoms with Crippen molar-refractivity contribution in [3.8, 4) is 0 Å². The Morgan fingerprint density at radius 3 is 2.23 bits per heavy atom. The van der Waals surface area contributed by atoms with Gasteiger partial charge in [-0.1, -0.05) is 42.0 Å². The lowest BCUT2D eigenvalue weighted by atomic mass is 10.1. The monoisotopic (exact) mass is 349 g/mol. The molecule has 0 aromatic heterocycles. The van der Waals surface area contributed by atoms with Gasteiger partial charge in [-0.3, -0.25) is 24.3 Å². The minimum absolute atomic E-state index is 0.390. The van der Waals surface area contributed by atoms with Crippen LogP contribution in [0.25, 0.3) is 0 Å². The maximum atomic E-state index is 12.3. The second-order valence-electron chi connectivity index (χ2n) is 7.10. The topological polar surface area (TPSA) is 43.9 Å². The molecule has 5 nitrogen and oxygen atoms in total. The molecule has 0 unspecified atom stereocenters. The van der Waals surface area contributed by atoms with Gasteiger partial charge in [-0.05, 0) is 24.6 Å². The molecule has 1 fully saturated rings. The van der Waals surface area contributed by atoms with Gasteiger partial charge in [0.15, 0.2) is 0 Å². The predicted octanol–water partition coefficient (Wildman–Crippen LogP) is 2.30. The van der Waals surface area contributed by atoms with Gasteiger partial charge in [-0.15, -0.1) is 0 Å². The average molecular weight is 349 g/mol. The van der Waals surface area contributed by atoms with E-state index in [4.69, 9.17) is 0 Å².